The fourth-order valence-electron chi connectivity index (χ4n) is 4.72. The molecular formula is C19H26NO4+. The standard InChI is InChI=1S/C19H26NO4/c1-20-9-3-2-6-16(20)15(5-4-10-20)12-22-19(21)14-7-8-17-18(11-14)24-13-23-17/h7-8,11,15-16H,2-6,9-10,12-13H2,1H3/q+1/t15-,16?,20?/m0/s1. The van der Waals surface area contributed by atoms with E-state index < -0.39 is 0 Å². The smallest absolute Gasteiger partial charge is 0.338 e. The van der Waals surface area contributed by atoms with Gasteiger partial charge in [0.2, 0.25) is 6.79 Å². The molecule has 130 valence electrons. The molecule has 0 N–H and O–H groups in total. The number of carbonyl (C=O) groups is 1. The molecule has 3 aliphatic heterocycles. The molecule has 5 heteroatoms. The van der Waals surface area contributed by atoms with Crippen LogP contribution in [-0.4, -0.2) is 50.0 Å². The van der Waals surface area contributed by atoms with Crippen LogP contribution >= 0.6 is 0 Å². The highest BCUT2D eigenvalue weighted by Gasteiger charge is 2.43. The molecule has 3 aliphatic rings. The summed E-state index contributed by atoms with van der Waals surface area (Å²) >= 11 is 0. The van der Waals surface area contributed by atoms with Crippen molar-refractivity contribution in [1.29, 1.82) is 0 Å². The Balaban J connectivity index is 1.40. The van der Waals surface area contributed by atoms with E-state index in [2.05, 4.69) is 7.05 Å². The quantitative estimate of drug-likeness (QED) is 0.630. The fourth-order valence-corrected chi connectivity index (χ4v) is 4.72. The van der Waals surface area contributed by atoms with E-state index in [4.69, 9.17) is 14.2 Å². The molecule has 0 radical (unpaired) electrons. The molecule has 0 aromatic heterocycles. The van der Waals surface area contributed by atoms with Gasteiger partial charge in [-0.25, -0.2) is 4.79 Å². The van der Waals surface area contributed by atoms with Gasteiger partial charge in [0.25, 0.3) is 0 Å². The molecule has 0 saturated carbocycles. The highest BCUT2D eigenvalue weighted by molar-refractivity contribution is 5.90. The number of fused-ring (bicyclic) bond motifs is 2. The number of esters is 1. The van der Waals surface area contributed by atoms with Gasteiger partial charge >= 0.3 is 5.97 Å². The maximum absolute atomic E-state index is 12.4. The van der Waals surface area contributed by atoms with Gasteiger partial charge in [-0.2, -0.15) is 0 Å². The molecule has 3 heterocycles. The molecule has 0 bridgehead atoms. The maximum atomic E-state index is 12.4. The number of rotatable bonds is 3. The van der Waals surface area contributed by atoms with Crippen LogP contribution in [0.25, 0.3) is 0 Å². The number of nitrogens with zero attached hydrogens (tertiary/aromatic N) is 1. The van der Waals surface area contributed by atoms with Crippen LogP contribution in [0, 0.1) is 5.92 Å². The van der Waals surface area contributed by atoms with Crippen molar-refractivity contribution in [3.63, 3.8) is 0 Å². The van der Waals surface area contributed by atoms with Gasteiger partial charge in [-0.1, -0.05) is 0 Å². The van der Waals surface area contributed by atoms with Crippen molar-refractivity contribution in [1.82, 2.24) is 0 Å². The lowest BCUT2D eigenvalue weighted by atomic mass is 9.82. The van der Waals surface area contributed by atoms with Crippen molar-refractivity contribution in [2.75, 3.05) is 33.5 Å². The van der Waals surface area contributed by atoms with Crippen LogP contribution in [0.1, 0.15) is 42.5 Å². The third-order valence-corrected chi connectivity index (χ3v) is 6.04. The van der Waals surface area contributed by atoms with E-state index in [9.17, 15) is 4.79 Å². The van der Waals surface area contributed by atoms with E-state index in [-0.39, 0.29) is 12.8 Å². The summed E-state index contributed by atoms with van der Waals surface area (Å²) in [6.45, 7) is 3.30. The molecular weight excluding hydrogens is 306 g/mol. The minimum atomic E-state index is -0.260. The highest BCUT2D eigenvalue weighted by atomic mass is 16.7. The summed E-state index contributed by atoms with van der Waals surface area (Å²) in [5, 5.41) is 0. The van der Waals surface area contributed by atoms with Crippen LogP contribution in [0.5, 0.6) is 11.5 Å². The first-order valence-corrected chi connectivity index (χ1v) is 9.07. The monoisotopic (exact) mass is 332 g/mol. The molecule has 2 saturated heterocycles. The van der Waals surface area contributed by atoms with Crippen molar-refractivity contribution < 1.29 is 23.5 Å². The Morgan fingerprint density at radius 3 is 2.92 bits per heavy atom. The Morgan fingerprint density at radius 2 is 2.00 bits per heavy atom. The summed E-state index contributed by atoms with van der Waals surface area (Å²) in [5.74, 6) is 1.54. The topological polar surface area (TPSA) is 44.8 Å². The van der Waals surface area contributed by atoms with Crippen LogP contribution in [-0.2, 0) is 4.74 Å². The molecule has 1 aromatic carbocycles. The van der Waals surface area contributed by atoms with E-state index in [1.165, 1.54) is 49.7 Å². The summed E-state index contributed by atoms with van der Waals surface area (Å²) < 4.78 is 17.5. The average molecular weight is 332 g/mol. The number of hydrogen-bond acceptors (Lipinski definition) is 4. The highest BCUT2D eigenvalue weighted by Crippen LogP contribution is 2.36. The second kappa shape index (κ2) is 6.28. The van der Waals surface area contributed by atoms with E-state index in [0.717, 1.165) is 0 Å². The zero-order valence-corrected chi connectivity index (χ0v) is 14.3. The Bertz CT molecular complexity index is 628. The van der Waals surface area contributed by atoms with Gasteiger partial charge < -0.3 is 18.7 Å². The molecule has 0 amide bonds. The summed E-state index contributed by atoms with van der Waals surface area (Å²) in [5.41, 5.74) is 0.538. The number of ether oxygens (including phenoxy) is 3. The van der Waals surface area contributed by atoms with Crippen molar-refractivity contribution in [3.8, 4) is 11.5 Å². The molecule has 2 fully saturated rings. The minimum Gasteiger partial charge on any atom is -0.462 e. The van der Waals surface area contributed by atoms with Crippen molar-refractivity contribution in [2.45, 2.75) is 38.1 Å². The van der Waals surface area contributed by atoms with Crippen LogP contribution < -0.4 is 9.47 Å². The molecule has 0 spiro atoms. The van der Waals surface area contributed by atoms with E-state index >= 15 is 0 Å². The fraction of sp³-hybridized carbons (Fsp3) is 0.632. The van der Waals surface area contributed by atoms with Crippen molar-refractivity contribution >= 4 is 5.97 Å². The van der Waals surface area contributed by atoms with Gasteiger partial charge in [0.05, 0.1) is 31.7 Å². The Morgan fingerprint density at radius 1 is 1.17 bits per heavy atom. The van der Waals surface area contributed by atoms with Gasteiger partial charge in [-0.3, -0.25) is 0 Å². The lowest BCUT2D eigenvalue weighted by Crippen LogP contribution is -2.61. The first-order chi connectivity index (χ1) is 11.7. The molecule has 5 nitrogen and oxygen atoms in total. The van der Waals surface area contributed by atoms with E-state index in [1.54, 1.807) is 18.2 Å². The Hall–Kier alpha value is -1.75. The second-order valence-electron chi connectivity index (χ2n) is 7.56. The van der Waals surface area contributed by atoms with Crippen molar-refractivity contribution in [3.05, 3.63) is 23.8 Å². The summed E-state index contributed by atoms with van der Waals surface area (Å²) in [4.78, 5) is 12.4. The number of quaternary nitrogens is 1. The molecule has 0 aliphatic carbocycles. The summed E-state index contributed by atoms with van der Waals surface area (Å²) in [6.07, 6.45) is 6.32. The summed E-state index contributed by atoms with van der Waals surface area (Å²) in [7, 11) is 2.38. The number of benzene rings is 1. The van der Waals surface area contributed by atoms with Crippen LogP contribution in [0.3, 0.4) is 0 Å². The SMILES string of the molecule is C[N+]12CCCCC1[C@H](COC(=O)c1ccc3c(c1)OCO3)CCC2. The van der Waals surface area contributed by atoms with E-state index in [1.807, 2.05) is 0 Å². The third kappa shape index (κ3) is 2.86. The first-order valence-electron chi connectivity index (χ1n) is 9.07. The average Bonchev–Trinajstić information content (AvgIpc) is 3.06. The predicted octanol–water partition coefficient (Wildman–Crippen LogP) is 2.98. The predicted molar refractivity (Wildman–Crippen MR) is 89.1 cm³/mol. The third-order valence-electron chi connectivity index (χ3n) is 6.04. The van der Waals surface area contributed by atoms with Crippen LogP contribution in [0.15, 0.2) is 18.2 Å². The first kappa shape index (κ1) is 15.8. The lowest BCUT2D eigenvalue weighted by molar-refractivity contribution is -0.947. The molecule has 4 rings (SSSR count). The Labute approximate surface area is 143 Å². The largest absolute Gasteiger partial charge is 0.462 e. The molecule has 3 atom stereocenters. The van der Waals surface area contributed by atoms with Crippen LogP contribution in [0.4, 0.5) is 0 Å². The minimum absolute atomic E-state index is 0.216. The zero-order chi connectivity index (χ0) is 16.6. The zero-order valence-electron chi connectivity index (χ0n) is 14.3. The molecule has 1 aromatic rings. The van der Waals surface area contributed by atoms with Crippen LogP contribution in [0.2, 0.25) is 0 Å². The van der Waals surface area contributed by atoms with Gasteiger partial charge in [0.15, 0.2) is 11.5 Å². The van der Waals surface area contributed by atoms with Gasteiger partial charge in [0, 0.05) is 12.3 Å². The van der Waals surface area contributed by atoms with Gasteiger partial charge in [-0.15, -0.1) is 0 Å². The number of carbonyl (C=O) groups excluding carboxylic acids is 1. The van der Waals surface area contributed by atoms with Gasteiger partial charge in [0.1, 0.15) is 6.61 Å². The maximum Gasteiger partial charge on any atom is 0.338 e. The number of piperidine rings is 2. The van der Waals surface area contributed by atoms with Crippen molar-refractivity contribution in [2.24, 2.45) is 5.92 Å². The molecule has 24 heavy (non-hydrogen) atoms. The Kier molecular flexibility index (Phi) is 4.12. The summed E-state index contributed by atoms with van der Waals surface area (Å²) in [6, 6.07) is 5.88. The molecule has 2 unspecified atom stereocenters. The van der Waals surface area contributed by atoms with Gasteiger partial charge in [-0.05, 0) is 43.9 Å². The lowest BCUT2D eigenvalue weighted by Gasteiger charge is -2.51. The normalized spacial score (nSPS) is 31.4. The number of hydrogen-bond donors (Lipinski definition) is 0. The van der Waals surface area contributed by atoms with E-state index in [0.29, 0.717) is 35.6 Å². The second-order valence-corrected chi connectivity index (χ2v) is 7.56.